The minimum absolute atomic E-state index is 0.00874. The number of carbonyl (C=O) groups is 3. The molecule has 0 atom stereocenters. The van der Waals surface area contributed by atoms with Gasteiger partial charge in [0.05, 0.1) is 52.9 Å². The van der Waals surface area contributed by atoms with E-state index in [-0.39, 0.29) is 26.4 Å². The molecule has 0 saturated carbocycles. The second kappa shape index (κ2) is 25.7. The molecule has 0 spiro atoms. The normalized spacial score (nSPS) is 10.1. The second-order valence-corrected chi connectivity index (χ2v) is 7.78. The van der Waals surface area contributed by atoms with Gasteiger partial charge in [-0.25, -0.2) is 9.59 Å². The number of hydrogen-bond donors (Lipinski definition) is 3. The van der Waals surface area contributed by atoms with Crippen LogP contribution in [0.1, 0.15) is 11.1 Å². The standard InChI is InChI=1S/C14H21NO5.C14H19NO5/c2*16-7-9-19-11-10-18-8-6-15-14(17)20-12-13-4-2-1-3-5-13/h1-5,16H,6-12H2,(H,15,17);1-5,7H,6,8-12H2,(H,15,17). The van der Waals surface area contributed by atoms with E-state index in [4.69, 9.17) is 33.5 Å². The van der Waals surface area contributed by atoms with Crippen LogP contribution in [-0.4, -0.2) is 96.1 Å². The number of nitrogens with one attached hydrogen (secondary N) is 2. The minimum Gasteiger partial charge on any atom is -0.445 e. The molecule has 40 heavy (non-hydrogen) atoms. The first-order chi connectivity index (χ1) is 19.7. The zero-order valence-electron chi connectivity index (χ0n) is 22.7. The van der Waals surface area contributed by atoms with Crippen molar-refractivity contribution < 1.29 is 47.9 Å². The number of benzene rings is 2. The summed E-state index contributed by atoms with van der Waals surface area (Å²) in [6.07, 6.45) is -0.256. The number of carbonyl (C=O) groups excluding carboxylic acids is 3. The van der Waals surface area contributed by atoms with Crippen molar-refractivity contribution >= 4 is 18.5 Å². The van der Waals surface area contributed by atoms with E-state index in [0.717, 1.165) is 11.1 Å². The van der Waals surface area contributed by atoms with E-state index in [0.29, 0.717) is 65.6 Å². The van der Waals surface area contributed by atoms with Gasteiger partial charge in [0.1, 0.15) is 26.1 Å². The van der Waals surface area contributed by atoms with Gasteiger partial charge in [-0.05, 0) is 11.1 Å². The molecular weight excluding hydrogens is 524 g/mol. The molecule has 2 aromatic rings. The van der Waals surface area contributed by atoms with E-state index in [9.17, 15) is 14.4 Å². The maximum atomic E-state index is 11.3. The van der Waals surface area contributed by atoms with Crippen molar-refractivity contribution in [2.24, 2.45) is 0 Å². The Labute approximate surface area is 234 Å². The average Bonchev–Trinajstić information content (AvgIpc) is 2.99. The number of amides is 2. The fraction of sp³-hybridized carbons (Fsp3) is 0.464. The molecule has 2 aromatic carbocycles. The number of aldehydes is 1. The van der Waals surface area contributed by atoms with Crippen LogP contribution < -0.4 is 10.6 Å². The smallest absolute Gasteiger partial charge is 0.407 e. The third-order valence-electron chi connectivity index (χ3n) is 4.62. The van der Waals surface area contributed by atoms with Crippen LogP contribution in [-0.2, 0) is 46.4 Å². The van der Waals surface area contributed by atoms with Gasteiger partial charge in [-0.3, -0.25) is 0 Å². The summed E-state index contributed by atoms with van der Waals surface area (Å²) in [6, 6.07) is 18.9. The van der Waals surface area contributed by atoms with Crippen LogP contribution in [0.2, 0.25) is 0 Å². The summed E-state index contributed by atoms with van der Waals surface area (Å²) in [5.74, 6) is 0. The summed E-state index contributed by atoms with van der Waals surface area (Å²) in [6.45, 7) is 4.00. The molecule has 0 unspecified atom stereocenters. The zero-order valence-corrected chi connectivity index (χ0v) is 22.7. The van der Waals surface area contributed by atoms with Crippen LogP contribution in [0.3, 0.4) is 0 Å². The molecule has 12 heteroatoms. The van der Waals surface area contributed by atoms with Crippen molar-refractivity contribution in [3.63, 3.8) is 0 Å². The highest BCUT2D eigenvalue weighted by atomic mass is 16.6. The third kappa shape index (κ3) is 21.4. The Kier molecular flexibility index (Phi) is 22.2. The van der Waals surface area contributed by atoms with Crippen LogP contribution in [0, 0.1) is 0 Å². The highest BCUT2D eigenvalue weighted by molar-refractivity contribution is 5.67. The lowest BCUT2D eigenvalue weighted by Crippen LogP contribution is -2.28. The number of aliphatic hydroxyl groups excluding tert-OH is 1. The van der Waals surface area contributed by atoms with Gasteiger partial charge in [0.2, 0.25) is 0 Å². The number of alkyl carbamates (subject to hydrolysis) is 2. The zero-order chi connectivity index (χ0) is 28.9. The minimum atomic E-state index is -0.477. The van der Waals surface area contributed by atoms with Crippen LogP contribution in [0.25, 0.3) is 0 Å². The number of ether oxygens (including phenoxy) is 6. The maximum Gasteiger partial charge on any atom is 0.407 e. The Morgan fingerprint density at radius 2 is 1.05 bits per heavy atom. The van der Waals surface area contributed by atoms with Gasteiger partial charge in [-0.15, -0.1) is 0 Å². The molecule has 0 saturated heterocycles. The van der Waals surface area contributed by atoms with Crippen molar-refractivity contribution in [1.29, 1.82) is 0 Å². The highest BCUT2D eigenvalue weighted by Gasteiger charge is 2.02. The van der Waals surface area contributed by atoms with Gasteiger partial charge in [-0.1, -0.05) is 60.7 Å². The lowest BCUT2D eigenvalue weighted by molar-refractivity contribution is -0.112. The van der Waals surface area contributed by atoms with Gasteiger partial charge in [0.25, 0.3) is 0 Å². The molecule has 0 aliphatic rings. The third-order valence-corrected chi connectivity index (χ3v) is 4.62. The number of aliphatic hydroxyl groups is 1. The molecule has 0 fully saturated rings. The Hall–Kier alpha value is -3.55. The Balaban J connectivity index is 0.000000400. The van der Waals surface area contributed by atoms with Crippen LogP contribution in [0.15, 0.2) is 60.7 Å². The molecule has 0 bridgehead atoms. The number of hydrogen-bond acceptors (Lipinski definition) is 10. The SMILES string of the molecule is O=C(NCCOCCOCCO)OCc1ccccc1.O=CCOCCOCCNC(=O)OCc1ccccc1. The molecule has 222 valence electrons. The summed E-state index contributed by atoms with van der Waals surface area (Å²) in [4.78, 5) is 32.6. The fourth-order valence-electron chi connectivity index (χ4n) is 2.74. The molecule has 3 N–H and O–H groups in total. The van der Waals surface area contributed by atoms with Crippen molar-refractivity contribution in [2.75, 3.05) is 72.6 Å². The predicted octanol–water partition coefficient (Wildman–Crippen LogP) is 2.08. The van der Waals surface area contributed by atoms with E-state index in [1.54, 1.807) is 0 Å². The summed E-state index contributed by atoms with van der Waals surface area (Å²) in [5.41, 5.74) is 1.88. The monoisotopic (exact) mass is 564 g/mol. The molecule has 0 aromatic heterocycles. The Morgan fingerprint density at radius 3 is 1.48 bits per heavy atom. The topological polar surface area (TPSA) is 151 Å². The Morgan fingerprint density at radius 1 is 0.625 bits per heavy atom. The highest BCUT2D eigenvalue weighted by Crippen LogP contribution is 2.01. The first-order valence-corrected chi connectivity index (χ1v) is 12.9. The number of rotatable bonds is 20. The van der Waals surface area contributed by atoms with Crippen molar-refractivity contribution in [3.05, 3.63) is 71.8 Å². The largest absolute Gasteiger partial charge is 0.445 e. The average molecular weight is 565 g/mol. The molecule has 0 radical (unpaired) electrons. The first-order valence-electron chi connectivity index (χ1n) is 12.9. The van der Waals surface area contributed by atoms with Crippen LogP contribution >= 0.6 is 0 Å². The summed E-state index contributed by atoms with van der Waals surface area (Å²) < 4.78 is 30.4. The van der Waals surface area contributed by atoms with E-state index in [2.05, 4.69) is 10.6 Å². The second-order valence-electron chi connectivity index (χ2n) is 7.78. The lowest BCUT2D eigenvalue weighted by Gasteiger charge is -2.08. The molecule has 2 amide bonds. The molecule has 0 heterocycles. The lowest BCUT2D eigenvalue weighted by atomic mass is 10.2. The summed E-state index contributed by atoms with van der Waals surface area (Å²) in [7, 11) is 0. The van der Waals surface area contributed by atoms with Gasteiger partial charge in [0, 0.05) is 13.1 Å². The van der Waals surface area contributed by atoms with Crippen LogP contribution in [0.4, 0.5) is 9.59 Å². The van der Waals surface area contributed by atoms with E-state index < -0.39 is 12.2 Å². The van der Waals surface area contributed by atoms with Crippen molar-refractivity contribution in [2.45, 2.75) is 13.2 Å². The first kappa shape index (κ1) is 34.5. The molecule has 0 aliphatic carbocycles. The van der Waals surface area contributed by atoms with Crippen LogP contribution in [0.5, 0.6) is 0 Å². The van der Waals surface area contributed by atoms with Crippen molar-refractivity contribution in [1.82, 2.24) is 10.6 Å². The van der Waals surface area contributed by atoms with Gasteiger partial charge < -0.3 is 49.0 Å². The molecule has 2 rings (SSSR count). The van der Waals surface area contributed by atoms with E-state index >= 15 is 0 Å². The Bertz CT molecular complexity index is 887. The predicted molar refractivity (Wildman–Crippen MR) is 146 cm³/mol. The van der Waals surface area contributed by atoms with Gasteiger partial charge in [-0.2, -0.15) is 0 Å². The maximum absolute atomic E-state index is 11.3. The van der Waals surface area contributed by atoms with E-state index in [1.807, 2.05) is 60.7 Å². The summed E-state index contributed by atoms with van der Waals surface area (Å²) >= 11 is 0. The summed E-state index contributed by atoms with van der Waals surface area (Å²) in [5, 5.41) is 13.6. The quantitative estimate of drug-likeness (QED) is 0.161. The molecule has 0 aliphatic heterocycles. The fourth-order valence-corrected chi connectivity index (χ4v) is 2.74. The van der Waals surface area contributed by atoms with Gasteiger partial charge >= 0.3 is 12.2 Å². The van der Waals surface area contributed by atoms with E-state index in [1.165, 1.54) is 0 Å². The molecular formula is C28H40N2O10. The van der Waals surface area contributed by atoms with Crippen molar-refractivity contribution in [3.8, 4) is 0 Å². The molecule has 12 nitrogen and oxygen atoms in total. The van der Waals surface area contributed by atoms with Gasteiger partial charge in [0.15, 0.2) is 0 Å².